The second-order valence-corrected chi connectivity index (χ2v) is 5.36. The van der Waals surface area contributed by atoms with E-state index in [4.69, 9.17) is 4.74 Å². The lowest BCUT2D eigenvalue weighted by Crippen LogP contribution is -2.61. The number of piperidine rings is 3. The minimum absolute atomic E-state index is 0.194. The maximum absolute atomic E-state index is 13.4. The summed E-state index contributed by atoms with van der Waals surface area (Å²) < 4.78 is 18.4. The number of rotatable bonds is 2. The predicted octanol–water partition coefficient (Wildman–Crippen LogP) is 1.36. The smallest absolute Gasteiger partial charge is 0.319 e. The third-order valence-electron chi connectivity index (χ3n) is 4.48. The molecule has 19 heavy (non-hydrogen) atoms. The van der Waals surface area contributed by atoms with Crippen LogP contribution in [0.25, 0.3) is 0 Å². The van der Waals surface area contributed by atoms with Crippen molar-refractivity contribution in [2.45, 2.75) is 18.3 Å². The lowest BCUT2D eigenvalue weighted by molar-refractivity contribution is -0.156. The summed E-state index contributed by atoms with van der Waals surface area (Å²) in [6.45, 7) is 2.58. The van der Waals surface area contributed by atoms with Gasteiger partial charge in [0, 0.05) is 6.54 Å². The fraction of sp³-hybridized carbons (Fsp3) is 0.571. The van der Waals surface area contributed by atoms with Crippen molar-refractivity contribution in [1.29, 1.82) is 0 Å². The van der Waals surface area contributed by atoms with Crippen LogP contribution in [0.4, 0.5) is 4.39 Å². The van der Waals surface area contributed by atoms with Gasteiger partial charge in [-0.3, -0.25) is 4.79 Å². The monoisotopic (exact) mass is 264 g/mol. The number of hydrogen-bond donors (Lipinski definition) is 0. The molecule has 4 nitrogen and oxygen atoms in total. The molecule has 0 amide bonds. The Labute approximate surface area is 111 Å². The van der Waals surface area contributed by atoms with Crippen LogP contribution in [-0.4, -0.2) is 42.6 Å². The number of aromatic nitrogens is 1. The summed E-state index contributed by atoms with van der Waals surface area (Å²) in [6.07, 6.45) is 1.88. The molecule has 4 heterocycles. The van der Waals surface area contributed by atoms with Gasteiger partial charge in [-0.15, -0.1) is 0 Å². The Hall–Kier alpha value is -1.49. The molecule has 0 spiro atoms. The summed E-state index contributed by atoms with van der Waals surface area (Å²) in [7, 11) is 1.39. The zero-order valence-electron chi connectivity index (χ0n) is 10.9. The molecule has 0 aliphatic carbocycles. The summed E-state index contributed by atoms with van der Waals surface area (Å²) in [6, 6.07) is 4.65. The fourth-order valence-corrected chi connectivity index (χ4v) is 3.53. The largest absolute Gasteiger partial charge is 0.468 e. The van der Waals surface area contributed by atoms with Gasteiger partial charge in [0.15, 0.2) is 0 Å². The number of fused-ring (bicyclic) bond motifs is 3. The molecule has 4 rings (SSSR count). The Morgan fingerprint density at radius 2 is 2.21 bits per heavy atom. The second-order valence-electron chi connectivity index (χ2n) is 5.36. The van der Waals surface area contributed by atoms with Crippen molar-refractivity contribution in [2.24, 2.45) is 5.92 Å². The second kappa shape index (κ2) is 4.56. The van der Waals surface area contributed by atoms with E-state index in [-0.39, 0.29) is 11.9 Å². The SMILES string of the molecule is COC(=O)C1(c2cccc(F)n2)CN2CCC1CC2. The topological polar surface area (TPSA) is 42.4 Å². The standard InChI is InChI=1S/C14H17FN2O2/c1-19-13(18)14(11-3-2-4-12(15)16-11)9-17-7-5-10(14)6-8-17/h2-4,10H,5-9H2,1H3. The highest BCUT2D eigenvalue weighted by molar-refractivity contribution is 5.83. The Morgan fingerprint density at radius 3 is 2.74 bits per heavy atom. The van der Waals surface area contributed by atoms with E-state index in [9.17, 15) is 9.18 Å². The summed E-state index contributed by atoms with van der Waals surface area (Å²) >= 11 is 0. The molecule has 0 N–H and O–H groups in total. The van der Waals surface area contributed by atoms with Gasteiger partial charge in [-0.1, -0.05) is 6.07 Å². The van der Waals surface area contributed by atoms with Crippen LogP contribution in [0.1, 0.15) is 18.5 Å². The van der Waals surface area contributed by atoms with E-state index in [1.54, 1.807) is 12.1 Å². The van der Waals surface area contributed by atoms with Gasteiger partial charge in [0.25, 0.3) is 0 Å². The van der Waals surface area contributed by atoms with Gasteiger partial charge in [0.2, 0.25) is 5.95 Å². The molecule has 102 valence electrons. The zero-order chi connectivity index (χ0) is 13.5. The van der Waals surface area contributed by atoms with Crippen LogP contribution < -0.4 is 0 Å². The van der Waals surface area contributed by atoms with Crippen LogP contribution in [0.5, 0.6) is 0 Å². The lowest BCUT2D eigenvalue weighted by atomic mass is 9.64. The quantitative estimate of drug-likeness (QED) is 0.597. The summed E-state index contributed by atoms with van der Waals surface area (Å²) in [5.74, 6) is -0.642. The summed E-state index contributed by atoms with van der Waals surface area (Å²) in [5, 5.41) is 0. The van der Waals surface area contributed by atoms with Gasteiger partial charge in [-0.25, -0.2) is 4.98 Å². The van der Waals surface area contributed by atoms with Crippen LogP contribution >= 0.6 is 0 Å². The average Bonchev–Trinajstić information content (AvgIpc) is 2.47. The van der Waals surface area contributed by atoms with Gasteiger partial charge < -0.3 is 9.64 Å². The number of hydrogen-bond acceptors (Lipinski definition) is 4. The Balaban J connectivity index is 2.10. The van der Waals surface area contributed by atoms with E-state index in [0.29, 0.717) is 12.2 Å². The molecule has 1 atom stereocenters. The third-order valence-corrected chi connectivity index (χ3v) is 4.48. The number of pyridine rings is 1. The predicted molar refractivity (Wildman–Crippen MR) is 67.1 cm³/mol. The van der Waals surface area contributed by atoms with Crippen molar-refractivity contribution >= 4 is 5.97 Å². The molecular weight excluding hydrogens is 247 g/mol. The molecule has 3 aliphatic heterocycles. The van der Waals surface area contributed by atoms with Crippen molar-refractivity contribution in [1.82, 2.24) is 9.88 Å². The molecule has 2 bridgehead atoms. The van der Waals surface area contributed by atoms with Gasteiger partial charge in [0.1, 0.15) is 5.41 Å². The van der Waals surface area contributed by atoms with Crippen LogP contribution in [0.3, 0.4) is 0 Å². The molecule has 0 aromatic carbocycles. The molecule has 3 fully saturated rings. The number of nitrogens with zero attached hydrogens (tertiary/aromatic N) is 2. The number of carbonyl (C=O) groups excluding carboxylic acids is 1. The first-order valence-electron chi connectivity index (χ1n) is 6.60. The van der Waals surface area contributed by atoms with Gasteiger partial charge in [-0.2, -0.15) is 4.39 Å². The van der Waals surface area contributed by atoms with Crippen LogP contribution in [0.2, 0.25) is 0 Å². The van der Waals surface area contributed by atoms with Gasteiger partial charge in [0.05, 0.1) is 12.8 Å². The zero-order valence-corrected chi connectivity index (χ0v) is 10.9. The molecule has 0 saturated carbocycles. The number of halogens is 1. The van der Waals surface area contributed by atoms with Crippen molar-refractivity contribution in [3.8, 4) is 0 Å². The van der Waals surface area contributed by atoms with Crippen molar-refractivity contribution < 1.29 is 13.9 Å². The van der Waals surface area contributed by atoms with Crippen LogP contribution in [-0.2, 0) is 14.9 Å². The number of carbonyl (C=O) groups is 1. The molecule has 1 aromatic rings. The van der Waals surface area contributed by atoms with E-state index >= 15 is 0 Å². The first-order valence-corrected chi connectivity index (χ1v) is 6.60. The van der Waals surface area contributed by atoms with E-state index in [0.717, 1.165) is 25.9 Å². The minimum Gasteiger partial charge on any atom is -0.468 e. The molecule has 3 saturated heterocycles. The van der Waals surface area contributed by atoms with Gasteiger partial charge in [-0.05, 0) is 44.0 Å². The molecule has 3 aliphatic rings. The first kappa shape index (κ1) is 12.5. The van der Waals surface area contributed by atoms with Crippen molar-refractivity contribution in [2.75, 3.05) is 26.7 Å². The molecule has 0 radical (unpaired) electrons. The van der Waals surface area contributed by atoms with Gasteiger partial charge >= 0.3 is 5.97 Å². The maximum Gasteiger partial charge on any atom is 0.319 e. The lowest BCUT2D eigenvalue weighted by Gasteiger charge is -2.50. The average molecular weight is 264 g/mol. The van der Waals surface area contributed by atoms with Crippen LogP contribution in [0.15, 0.2) is 18.2 Å². The maximum atomic E-state index is 13.4. The highest BCUT2D eigenvalue weighted by Crippen LogP contribution is 2.44. The number of ether oxygens (including phenoxy) is 1. The molecule has 1 aromatic heterocycles. The normalized spacial score (nSPS) is 33.2. The van der Waals surface area contributed by atoms with Crippen molar-refractivity contribution in [3.63, 3.8) is 0 Å². The highest BCUT2D eigenvalue weighted by Gasteiger charge is 2.55. The van der Waals surface area contributed by atoms with E-state index in [1.165, 1.54) is 13.2 Å². The van der Waals surface area contributed by atoms with E-state index < -0.39 is 11.4 Å². The van der Waals surface area contributed by atoms with E-state index in [1.807, 2.05) is 0 Å². The van der Waals surface area contributed by atoms with Crippen LogP contribution in [0, 0.1) is 11.9 Å². The summed E-state index contributed by atoms with van der Waals surface area (Å²) in [5.41, 5.74) is -0.290. The fourth-order valence-electron chi connectivity index (χ4n) is 3.53. The Kier molecular flexibility index (Phi) is 3.01. The molecule has 5 heteroatoms. The highest BCUT2D eigenvalue weighted by atomic mass is 19.1. The number of methoxy groups -OCH3 is 1. The van der Waals surface area contributed by atoms with E-state index in [2.05, 4.69) is 9.88 Å². The van der Waals surface area contributed by atoms with Crippen molar-refractivity contribution in [3.05, 3.63) is 29.8 Å². The number of esters is 1. The minimum atomic E-state index is -0.798. The Morgan fingerprint density at radius 1 is 1.47 bits per heavy atom. The Bertz CT molecular complexity index is 500. The third kappa shape index (κ3) is 1.84. The first-order chi connectivity index (χ1) is 9.16. The summed E-state index contributed by atoms with van der Waals surface area (Å²) in [4.78, 5) is 18.6. The molecule has 1 unspecified atom stereocenters. The molecular formula is C14H17FN2O2.